The van der Waals surface area contributed by atoms with Crippen molar-refractivity contribution < 1.29 is 24.2 Å². The third-order valence-electron chi connectivity index (χ3n) is 5.05. The average molecular weight is 394 g/mol. The number of fused-ring (bicyclic) bond motifs is 1. The molecule has 2 aliphatic heterocycles. The molecule has 2 aliphatic rings. The van der Waals surface area contributed by atoms with Crippen LogP contribution in [0, 0.1) is 0 Å². The summed E-state index contributed by atoms with van der Waals surface area (Å²) in [4.78, 5) is 25.1. The summed E-state index contributed by atoms with van der Waals surface area (Å²) in [6.07, 6.45) is 2.83. The highest BCUT2D eigenvalue weighted by molar-refractivity contribution is 5.87. The number of hydrogen-bond donors (Lipinski definition) is 2. The van der Waals surface area contributed by atoms with Gasteiger partial charge in [0.1, 0.15) is 13.2 Å². The Morgan fingerprint density at radius 1 is 1.03 bits per heavy atom. The summed E-state index contributed by atoms with van der Waals surface area (Å²) in [7, 11) is 0. The van der Waals surface area contributed by atoms with Gasteiger partial charge in [-0.05, 0) is 47.4 Å². The summed E-state index contributed by atoms with van der Waals surface area (Å²) in [6, 6.07) is 12.3. The minimum Gasteiger partial charge on any atom is -0.486 e. The van der Waals surface area contributed by atoms with Crippen molar-refractivity contribution in [2.75, 3.05) is 26.3 Å². The molecule has 0 spiro atoms. The van der Waals surface area contributed by atoms with E-state index >= 15 is 0 Å². The number of carboxylic acids is 1. The molecule has 2 aromatic carbocycles. The summed E-state index contributed by atoms with van der Waals surface area (Å²) in [5.74, 6) is 0.576. The molecule has 0 saturated carbocycles. The van der Waals surface area contributed by atoms with E-state index in [4.69, 9.17) is 14.6 Å². The zero-order valence-electron chi connectivity index (χ0n) is 15.9. The van der Waals surface area contributed by atoms with Crippen LogP contribution in [-0.4, -0.2) is 48.3 Å². The molecule has 0 saturated heterocycles. The van der Waals surface area contributed by atoms with E-state index in [2.05, 4.69) is 11.4 Å². The molecule has 0 unspecified atom stereocenters. The van der Waals surface area contributed by atoms with Gasteiger partial charge < -0.3 is 24.8 Å². The molecule has 150 valence electrons. The lowest BCUT2D eigenvalue weighted by Crippen LogP contribution is -2.41. The van der Waals surface area contributed by atoms with Crippen LogP contribution in [-0.2, 0) is 6.54 Å². The van der Waals surface area contributed by atoms with Crippen LogP contribution in [0.2, 0.25) is 0 Å². The first-order valence-electron chi connectivity index (χ1n) is 9.54. The van der Waals surface area contributed by atoms with Crippen LogP contribution in [0.5, 0.6) is 11.5 Å². The maximum absolute atomic E-state index is 12.4. The second-order valence-electron chi connectivity index (χ2n) is 6.94. The van der Waals surface area contributed by atoms with Gasteiger partial charge in [-0.2, -0.15) is 0 Å². The van der Waals surface area contributed by atoms with Gasteiger partial charge in [-0.3, -0.25) is 0 Å². The Labute approximate surface area is 168 Å². The fraction of sp³-hybridized carbons (Fsp3) is 0.273. The number of benzene rings is 2. The van der Waals surface area contributed by atoms with Crippen molar-refractivity contribution in [1.82, 2.24) is 10.2 Å². The number of ether oxygens (including phenoxy) is 2. The average Bonchev–Trinajstić information content (AvgIpc) is 2.77. The van der Waals surface area contributed by atoms with Crippen LogP contribution >= 0.6 is 0 Å². The monoisotopic (exact) mass is 394 g/mol. The van der Waals surface area contributed by atoms with E-state index < -0.39 is 5.97 Å². The van der Waals surface area contributed by atoms with Crippen molar-refractivity contribution >= 4 is 17.6 Å². The number of carbonyl (C=O) groups is 2. The summed E-state index contributed by atoms with van der Waals surface area (Å²) in [6.45, 7) is 2.65. The Hall–Kier alpha value is -3.48. The highest BCUT2D eigenvalue weighted by Gasteiger charge is 2.19. The van der Waals surface area contributed by atoms with Crippen LogP contribution < -0.4 is 14.8 Å². The van der Waals surface area contributed by atoms with Crippen molar-refractivity contribution in [2.24, 2.45) is 0 Å². The molecule has 4 rings (SSSR count). The maximum atomic E-state index is 12.4. The standard InChI is InChI=1S/C22H22N2O5/c25-21(26)17-3-1-15(2-4-17)14-23-22(27)24-9-7-16(8-10-24)18-5-6-19-20(13-18)29-12-11-28-19/h1-7,13H,8-12,14H2,(H,23,27)(H,25,26). The van der Waals surface area contributed by atoms with Crippen molar-refractivity contribution in [3.05, 3.63) is 65.2 Å². The lowest BCUT2D eigenvalue weighted by atomic mass is 9.99. The van der Waals surface area contributed by atoms with Crippen molar-refractivity contribution in [3.8, 4) is 11.5 Å². The zero-order chi connectivity index (χ0) is 20.2. The molecular formula is C22H22N2O5. The Morgan fingerprint density at radius 3 is 2.48 bits per heavy atom. The molecule has 29 heavy (non-hydrogen) atoms. The number of rotatable bonds is 4. The minimum atomic E-state index is -0.963. The van der Waals surface area contributed by atoms with E-state index in [1.807, 2.05) is 18.2 Å². The van der Waals surface area contributed by atoms with E-state index in [-0.39, 0.29) is 11.6 Å². The summed E-state index contributed by atoms with van der Waals surface area (Å²) < 4.78 is 11.2. The maximum Gasteiger partial charge on any atom is 0.335 e. The number of hydrogen-bond acceptors (Lipinski definition) is 4. The van der Waals surface area contributed by atoms with Gasteiger partial charge in [0.25, 0.3) is 0 Å². The quantitative estimate of drug-likeness (QED) is 0.832. The van der Waals surface area contributed by atoms with E-state index in [0.29, 0.717) is 32.8 Å². The van der Waals surface area contributed by atoms with Gasteiger partial charge in [0.05, 0.1) is 5.56 Å². The minimum absolute atomic E-state index is 0.134. The van der Waals surface area contributed by atoms with E-state index in [1.165, 1.54) is 17.7 Å². The Bertz CT molecular complexity index is 952. The lowest BCUT2D eigenvalue weighted by Gasteiger charge is -2.27. The molecule has 2 N–H and O–H groups in total. The van der Waals surface area contributed by atoms with Crippen LogP contribution in [0.25, 0.3) is 5.57 Å². The number of nitrogens with zero attached hydrogens (tertiary/aromatic N) is 1. The first kappa shape index (κ1) is 18.9. The topological polar surface area (TPSA) is 88.1 Å². The molecule has 0 fully saturated rings. The predicted octanol–water partition coefficient (Wildman–Crippen LogP) is 3.15. The summed E-state index contributed by atoms with van der Waals surface area (Å²) >= 11 is 0. The highest BCUT2D eigenvalue weighted by atomic mass is 16.6. The summed E-state index contributed by atoms with van der Waals surface area (Å²) in [5, 5.41) is 11.8. The largest absolute Gasteiger partial charge is 0.486 e. The second kappa shape index (κ2) is 8.26. The molecule has 7 heteroatoms. The van der Waals surface area contributed by atoms with Gasteiger partial charge in [-0.1, -0.05) is 24.3 Å². The molecule has 0 radical (unpaired) electrons. The van der Waals surface area contributed by atoms with Crippen molar-refractivity contribution in [3.63, 3.8) is 0 Å². The fourth-order valence-corrected chi connectivity index (χ4v) is 3.41. The number of carbonyl (C=O) groups excluding carboxylic acids is 1. The van der Waals surface area contributed by atoms with Crippen LogP contribution in [0.1, 0.15) is 27.9 Å². The molecule has 0 atom stereocenters. The fourth-order valence-electron chi connectivity index (χ4n) is 3.41. The van der Waals surface area contributed by atoms with Gasteiger partial charge >= 0.3 is 12.0 Å². The number of nitrogens with one attached hydrogen (secondary N) is 1. The molecule has 0 bridgehead atoms. The number of amides is 2. The molecule has 2 heterocycles. The first-order chi connectivity index (χ1) is 14.1. The Morgan fingerprint density at radius 2 is 1.79 bits per heavy atom. The van der Waals surface area contributed by atoms with Crippen LogP contribution in [0.15, 0.2) is 48.5 Å². The Balaban J connectivity index is 1.33. The SMILES string of the molecule is O=C(O)c1ccc(CNC(=O)N2CC=C(c3ccc4c(c3)OCCO4)CC2)cc1. The first-order valence-corrected chi connectivity index (χ1v) is 9.54. The zero-order valence-corrected chi connectivity index (χ0v) is 15.9. The molecule has 7 nitrogen and oxygen atoms in total. The van der Waals surface area contributed by atoms with Crippen LogP contribution in [0.4, 0.5) is 4.79 Å². The molecular weight excluding hydrogens is 372 g/mol. The van der Waals surface area contributed by atoms with Crippen molar-refractivity contribution in [2.45, 2.75) is 13.0 Å². The predicted molar refractivity (Wildman–Crippen MR) is 107 cm³/mol. The summed E-state index contributed by atoms with van der Waals surface area (Å²) in [5.41, 5.74) is 3.36. The number of carboxylic acid groups (broad SMARTS) is 1. The van der Waals surface area contributed by atoms with E-state index in [9.17, 15) is 9.59 Å². The van der Waals surface area contributed by atoms with Gasteiger partial charge in [-0.15, -0.1) is 0 Å². The highest BCUT2D eigenvalue weighted by Crippen LogP contribution is 2.34. The van der Waals surface area contributed by atoms with Gasteiger partial charge in [0, 0.05) is 19.6 Å². The third-order valence-corrected chi connectivity index (χ3v) is 5.05. The lowest BCUT2D eigenvalue weighted by molar-refractivity contribution is 0.0697. The molecule has 2 amide bonds. The second-order valence-corrected chi connectivity index (χ2v) is 6.94. The Kier molecular flexibility index (Phi) is 5.37. The molecule has 2 aromatic rings. The number of aromatic carboxylic acids is 1. The van der Waals surface area contributed by atoms with Gasteiger partial charge in [0.15, 0.2) is 11.5 Å². The van der Waals surface area contributed by atoms with E-state index in [1.54, 1.807) is 17.0 Å². The van der Waals surface area contributed by atoms with Gasteiger partial charge in [0.2, 0.25) is 0 Å². The van der Waals surface area contributed by atoms with Gasteiger partial charge in [-0.25, -0.2) is 9.59 Å². The molecule has 0 aromatic heterocycles. The van der Waals surface area contributed by atoms with Crippen LogP contribution in [0.3, 0.4) is 0 Å². The third kappa shape index (κ3) is 4.34. The van der Waals surface area contributed by atoms with Crippen molar-refractivity contribution in [1.29, 1.82) is 0 Å². The normalized spacial score (nSPS) is 15.4. The van der Waals surface area contributed by atoms with E-state index in [0.717, 1.165) is 29.0 Å². The molecule has 0 aliphatic carbocycles. The number of urea groups is 1. The smallest absolute Gasteiger partial charge is 0.335 e.